The molecule has 0 saturated carbocycles. The van der Waals surface area contributed by atoms with E-state index in [1.54, 1.807) is 26.2 Å². The molecule has 6 heteroatoms. The van der Waals surface area contributed by atoms with Gasteiger partial charge in [0.2, 0.25) is 5.95 Å². The van der Waals surface area contributed by atoms with Gasteiger partial charge in [-0.1, -0.05) is 12.1 Å². The van der Waals surface area contributed by atoms with E-state index >= 15 is 0 Å². The Morgan fingerprint density at radius 3 is 2.82 bits per heavy atom. The van der Waals surface area contributed by atoms with Crippen LogP contribution >= 0.6 is 0 Å². The van der Waals surface area contributed by atoms with Gasteiger partial charge in [-0.3, -0.25) is 4.79 Å². The zero-order valence-electron chi connectivity index (χ0n) is 13.0. The second-order valence-corrected chi connectivity index (χ2v) is 4.90. The van der Waals surface area contributed by atoms with Crippen LogP contribution in [-0.2, 0) is 4.74 Å². The van der Waals surface area contributed by atoms with Gasteiger partial charge in [-0.05, 0) is 26.0 Å². The second kappa shape index (κ2) is 7.51. The van der Waals surface area contributed by atoms with E-state index in [4.69, 9.17) is 4.74 Å². The van der Waals surface area contributed by atoms with E-state index in [0.717, 1.165) is 17.2 Å². The fourth-order valence-electron chi connectivity index (χ4n) is 1.94. The van der Waals surface area contributed by atoms with Gasteiger partial charge in [0.05, 0.1) is 6.61 Å². The predicted octanol–water partition coefficient (Wildman–Crippen LogP) is 2.79. The van der Waals surface area contributed by atoms with E-state index < -0.39 is 0 Å². The molecule has 0 aliphatic rings. The number of aryl methyl sites for hydroxylation is 1. The van der Waals surface area contributed by atoms with E-state index in [1.807, 2.05) is 25.1 Å². The molecule has 1 heterocycles. The number of Topliss-reactive ketones (excluding diaryl/α,β-unsaturated/α-hetero) is 1. The third-order valence-electron chi connectivity index (χ3n) is 2.99. The van der Waals surface area contributed by atoms with Crippen molar-refractivity contribution in [1.82, 2.24) is 9.97 Å². The Morgan fingerprint density at radius 1 is 1.27 bits per heavy atom. The minimum atomic E-state index is 0.0238. The summed E-state index contributed by atoms with van der Waals surface area (Å²) < 4.78 is 5.00. The first-order valence-corrected chi connectivity index (χ1v) is 7.05. The van der Waals surface area contributed by atoms with Crippen molar-refractivity contribution in [3.8, 4) is 0 Å². The summed E-state index contributed by atoms with van der Waals surface area (Å²) in [7, 11) is 1.65. The number of carbonyl (C=O) groups is 1. The maximum Gasteiger partial charge on any atom is 0.229 e. The Labute approximate surface area is 129 Å². The van der Waals surface area contributed by atoms with Gasteiger partial charge < -0.3 is 15.4 Å². The number of ether oxygens (including phenoxy) is 1. The lowest BCUT2D eigenvalue weighted by Crippen LogP contribution is -2.10. The minimum Gasteiger partial charge on any atom is -0.383 e. The summed E-state index contributed by atoms with van der Waals surface area (Å²) in [6.45, 7) is 4.72. The predicted molar refractivity (Wildman–Crippen MR) is 86.9 cm³/mol. The number of ketones is 1. The van der Waals surface area contributed by atoms with Gasteiger partial charge in [-0.2, -0.15) is 4.98 Å². The standard InChI is InChI=1S/C16H20N4O2/c1-11-9-15(17-7-8-22-3)20-16(18-11)19-14-6-4-5-13(10-14)12(2)21/h4-6,9-10H,7-8H2,1-3H3,(H2,17,18,19,20). The first-order chi connectivity index (χ1) is 10.6. The smallest absolute Gasteiger partial charge is 0.229 e. The molecule has 1 aromatic heterocycles. The number of hydrogen-bond acceptors (Lipinski definition) is 6. The molecule has 0 spiro atoms. The van der Waals surface area contributed by atoms with Crippen molar-refractivity contribution in [3.63, 3.8) is 0 Å². The molecule has 0 unspecified atom stereocenters. The number of hydrogen-bond donors (Lipinski definition) is 2. The lowest BCUT2D eigenvalue weighted by Gasteiger charge is -2.10. The lowest BCUT2D eigenvalue weighted by atomic mass is 10.1. The van der Waals surface area contributed by atoms with Crippen LogP contribution in [0, 0.1) is 6.92 Å². The molecule has 0 bridgehead atoms. The molecule has 116 valence electrons. The number of methoxy groups -OCH3 is 1. The Balaban J connectivity index is 2.15. The SMILES string of the molecule is COCCNc1cc(C)nc(Nc2cccc(C(C)=O)c2)n1. The highest BCUT2D eigenvalue weighted by molar-refractivity contribution is 5.95. The normalized spacial score (nSPS) is 10.3. The van der Waals surface area contributed by atoms with E-state index in [2.05, 4.69) is 20.6 Å². The van der Waals surface area contributed by atoms with Crippen molar-refractivity contribution in [2.45, 2.75) is 13.8 Å². The molecule has 0 amide bonds. The third-order valence-corrected chi connectivity index (χ3v) is 2.99. The van der Waals surface area contributed by atoms with Gasteiger partial charge in [0.25, 0.3) is 0 Å². The zero-order chi connectivity index (χ0) is 15.9. The van der Waals surface area contributed by atoms with Crippen LogP contribution in [0.2, 0.25) is 0 Å². The largest absolute Gasteiger partial charge is 0.383 e. The number of rotatable bonds is 7. The molecule has 1 aromatic carbocycles. The molecule has 2 rings (SSSR count). The Kier molecular flexibility index (Phi) is 5.43. The van der Waals surface area contributed by atoms with Gasteiger partial charge >= 0.3 is 0 Å². The number of aromatic nitrogens is 2. The van der Waals surface area contributed by atoms with Crippen molar-refractivity contribution in [2.75, 3.05) is 30.9 Å². The lowest BCUT2D eigenvalue weighted by molar-refractivity contribution is 0.101. The van der Waals surface area contributed by atoms with Crippen LogP contribution in [0.4, 0.5) is 17.5 Å². The van der Waals surface area contributed by atoms with E-state index in [1.165, 1.54) is 0 Å². The molecule has 0 radical (unpaired) electrons. The van der Waals surface area contributed by atoms with Crippen LogP contribution in [0.1, 0.15) is 23.0 Å². The molecule has 2 N–H and O–H groups in total. The summed E-state index contributed by atoms with van der Waals surface area (Å²) in [6.07, 6.45) is 0. The average molecular weight is 300 g/mol. The summed E-state index contributed by atoms with van der Waals surface area (Å²) in [6, 6.07) is 9.13. The topological polar surface area (TPSA) is 76.1 Å². The highest BCUT2D eigenvalue weighted by atomic mass is 16.5. The molecule has 6 nitrogen and oxygen atoms in total. The average Bonchev–Trinajstić information content (AvgIpc) is 2.47. The molecule has 0 aliphatic carbocycles. The Bertz CT molecular complexity index is 658. The number of benzene rings is 1. The van der Waals surface area contributed by atoms with Crippen LogP contribution in [-0.4, -0.2) is 36.0 Å². The van der Waals surface area contributed by atoms with Crippen molar-refractivity contribution in [3.05, 3.63) is 41.6 Å². The summed E-state index contributed by atoms with van der Waals surface area (Å²) in [5, 5.41) is 6.30. The maximum atomic E-state index is 11.4. The van der Waals surface area contributed by atoms with Crippen LogP contribution in [0.3, 0.4) is 0 Å². The fraction of sp³-hybridized carbons (Fsp3) is 0.312. The van der Waals surface area contributed by atoms with Crippen LogP contribution in [0.15, 0.2) is 30.3 Å². The van der Waals surface area contributed by atoms with Crippen LogP contribution in [0.5, 0.6) is 0 Å². The number of carbonyl (C=O) groups excluding carboxylic acids is 1. The first kappa shape index (κ1) is 15.9. The Morgan fingerprint density at radius 2 is 2.09 bits per heavy atom. The van der Waals surface area contributed by atoms with E-state index in [9.17, 15) is 4.79 Å². The van der Waals surface area contributed by atoms with Crippen molar-refractivity contribution in [2.24, 2.45) is 0 Å². The maximum absolute atomic E-state index is 11.4. The fourth-order valence-corrected chi connectivity index (χ4v) is 1.94. The summed E-state index contributed by atoms with van der Waals surface area (Å²) in [5.41, 5.74) is 2.28. The monoisotopic (exact) mass is 300 g/mol. The molecule has 0 aliphatic heterocycles. The number of nitrogens with zero attached hydrogens (tertiary/aromatic N) is 2. The molecular formula is C16H20N4O2. The molecule has 0 atom stereocenters. The van der Waals surface area contributed by atoms with Crippen LogP contribution < -0.4 is 10.6 Å². The zero-order valence-corrected chi connectivity index (χ0v) is 13.0. The number of anilines is 3. The summed E-state index contributed by atoms with van der Waals surface area (Å²) in [5.74, 6) is 1.24. The molecule has 22 heavy (non-hydrogen) atoms. The molecule has 0 fully saturated rings. The Hall–Kier alpha value is -2.47. The molecular weight excluding hydrogens is 280 g/mol. The highest BCUT2D eigenvalue weighted by Crippen LogP contribution is 2.17. The molecule has 0 saturated heterocycles. The van der Waals surface area contributed by atoms with Gasteiger partial charge in [0.15, 0.2) is 5.78 Å². The van der Waals surface area contributed by atoms with Gasteiger partial charge in [0, 0.05) is 36.7 Å². The number of nitrogens with one attached hydrogen (secondary N) is 2. The van der Waals surface area contributed by atoms with Gasteiger partial charge in [-0.15, -0.1) is 0 Å². The van der Waals surface area contributed by atoms with E-state index in [0.29, 0.717) is 24.7 Å². The summed E-state index contributed by atoms with van der Waals surface area (Å²) >= 11 is 0. The third kappa shape index (κ3) is 4.53. The minimum absolute atomic E-state index is 0.0238. The van der Waals surface area contributed by atoms with Crippen molar-refractivity contribution < 1.29 is 9.53 Å². The quantitative estimate of drug-likeness (QED) is 0.605. The van der Waals surface area contributed by atoms with Crippen molar-refractivity contribution in [1.29, 1.82) is 0 Å². The van der Waals surface area contributed by atoms with Gasteiger partial charge in [0.1, 0.15) is 5.82 Å². The van der Waals surface area contributed by atoms with Crippen LogP contribution in [0.25, 0.3) is 0 Å². The molecule has 2 aromatic rings. The van der Waals surface area contributed by atoms with Gasteiger partial charge in [-0.25, -0.2) is 4.98 Å². The highest BCUT2D eigenvalue weighted by Gasteiger charge is 2.05. The second-order valence-electron chi connectivity index (χ2n) is 4.90. The summed E-state index contributed by atoms with van der Waals surface area (Å²) in [4.78, 5) is 20.2. The van der Waals surface area contributed by atoms with E-state index in [-0.39, 0.29) is 5.78 Å². The first-order valence-electron chi connectivity index (χ1n) is 7.05. The van der Waals surface area contributed by atoms with Crippen molar-refractivity contribution >= 4 is 23.2 Å².